The summed E-state index contributed by atoms with van der Waals surface area (Å²) in [6, 6.07) is 16.3. The monoisotopic (exact) mass is 535 g/mol. The van der Waals surface area contributed by atoms with Gasteiger partial charge in [0.05, 0.1) is 17.7 Å². The van der Waals surface area contributed by atoms with Crippen LogP contribution in [0.25, 0.3) is 17.3 Å². The molecule has 190 valence electrons. The molecule has 0 aliphatic carbocycles. The molecule has 0 saturated heterocycles. The summed E-state index contributed by atoms with van der Waals surface area (Å²) >= 11 is 6.11. The number of hydrogen-bond donors (Lipinski definition) is 0. The molecule has 0 unspecified atom stereocenters. The Hall–Kier alpha value is -3.92. The van der Waals surface area contributed by atoms with Crippen molar-refractivity contribution in [2.45, 2.75) is 18.9 Å². The third-order valence-electron chi connectivity index (χ3n) is 5.32. The molecule has 0 aliphatic heterocycles. The number of benzene rings is 3. The molecule has 0 saturated carbocycles. The maximum atomic E-state index is 13.3. The number of carbonyl (C=O) groups excluding carboxylic acids is 1. The van der Waals surface area contributed by atoms with Crippen molar-refractivity contribution in [1.82, 2.24) is 15.0 Å². The van der Waals surface area contributed by atoms with Gasteiger partial charge in [-0.1, -0.05) is 65.3 Å². The molecule has 0 spiro atoms. The van der Waals surface area contributed by atoms with Gasteiger partial charge in [0, 0.05) is 10.6 Å². The number of allylic oxidation sites excluding steroid dienone is 1. The van der Waals surface area contributed by atoms with E-state index in [9.17, 15) is 31.1 Å². The van der Waals surface area contributed by atoms with Crippen LogP contribution < -0.4 is 0 Å². The van der Waals surface area contributed by atoms with Crippen LogP contribution in [0.15, 0.2) is 78.9 Å². The molecule has 1 aromatic heterocycles. The summed E-state index contributed by atoms with van der Waals surface area (Å²) in [5, 5.41) is 8.19. The zero-order valence-electron chi connectivity index (χ0n) is 18.7. The van der Waals surface area contributed by atoms with Crippen LogP contribution in [0.4, 0.5) is 26.3 Å². The Kier molecular flexibility index (Phi) is 7.22. The Morgan fingerprint density at radius 1 is 0.865 bits per heavy atom. The summed E-state index contributed by atoms with van der Waals surface area (Å²) in [5.74, 6) is -0.579. The SMILES string of the molecule is O=C(C=Cc1ccccc1Cl)c1nnn(Cc2cc(C(F)(F)F)cc(C(F)(F)F)c2)c1-c1ccccc1. The van der Waals surface area contributed by atoms with E-state index >= 15 is 0 Å². The molecule has 11 heteroatoms. The maximum absolute atomic E-state index is 13.3. The molecule has 0 bridgehead atoms. The largest absolute Gasteiger partial charge is 0.416 e. The van der Waals surface area contributed by atoms with Crippen molar-refractivity contribution >= 4 is 23.5 Å². The fraction of sp³-hybridized carbons (Fsp3) is 0.115. The molecule has 1 heterocycles. The van der Waals surface area contributed by atoms with Crippen molar-refractivity contribution in [2.75, 3.05) is 0 Å². The zero-order chi connectivity index (χ0) is 26.8. The number of hydrogen-bond acceptors (Lipinski definition) is 3. The Labute approximate surface area is 211 Å². The highest BCUT2D eigenvalue weighted by Gasteiger charge is 2.37. The van der Waals surface area contributed by atoms with E-state index < -0.39 is 35.8 Å². The van der Waals surface area contributed by atoms with E-state index in [1.807, 2.05) is 0 Å². The third-order valence-corrected chi connectivity index (χ3v) is 5.66. The van der Waals surface area contributed by atoms with Gasteiger partial charge in [0.25, 0.3) is 0 Å². The van der Waals surface area contributed by atoms with Crippen molar-refractivity contribution in [2.24, 2.45) is 0 Å². The van der Waals surface area contributed by atoms with Gasteiger partial charge >= 0.3 is 12.4 Å². The fourth-order valence-corrected chi connectivity index (χ4v) is 3.81. The van der Waals surface area contributed by atoms with Crippen molar-refractivity contribution in [3.8, 4) is 11.3 Å². The van der Waals surface area contributed by atoms with Gasteiger partial charge in [-0.05, 0) is 47.5 Å². The van der Waals surface area contributed by atoms with E-state index in [1.54, 1.807) is 54.6 Å². The highest BCUT2D eigenvalue weighted by Crippen LogP contribution is 2.37. The minimum atomic E-state index is -4.99. The summed E-state index contributed by atoms with van der Waals surface area (Å²) in [6.07, 6.45) is -7.30. The molecule has 37 heavy (non-hydrogen) atoms. The standard InChI is InChI=1S/C26H16ClF6N3O/c27-21-9-5-4-6-17(21)10-11-22(37)23-24(18-7-2-1-3-8-18)36(35-34-23)15-16-12-19(25(28,29)30)14-20(13-16)26(31,32)33/h1-14H,15H2. The van der Waals surface area contributed by atoms with Gasteiger partial charge in [-0.25, -0.2) is 4.68 Å². The Balaban J connectivity index is 1.77. The number of halogens is 7. The van der Waals surface area contributed by atoms with Crippen LogP contribution in [0.2, 0.25) is 5.02 Å². The first-order chi connectivity index (χ1) is 17.4. The first-order valence-electron chi connectivity index (χ1n) is 10.7. The van der Waals surface area contributed by atoms with Crippen LogP contribution in [0, 0.1) is 0 Å². The molecule has 0 atom stereocenters. The molecule has 0 N–H and O–H groups in total. The van der Waals surface area contributed by atoms with Crippen molar-refractivity contribution in [3.05, 3.63) is 112 Å². The fourth-order valence-electron chi connectivity index (χ4n) is 3.61. The molecule has 4 rings (SSSR count). The highest BCUT2D eigenvalue weighted by atomic mass is 35.5. The second-order valence-electron chi connectivity index (χ2n) is 7.94. The van der Waals surface area contributed by atoms with Gasteiger partial charge in [-0.2, -0.15) is 26.3 Å². The lowest BCUT2D eigenvalue weighted by Gasteiger charge is -2.15. The Morgan fingerprint density at radius 3 is 2.05 bits per heavy atom. The van der Waals surface area contributed by atoms with Gasteiger partial charge in [0.1, 0.15) is 5.69 Å². The summed E-state index contributed by atoms with van der Waals surface area (Å²) < 4.78 is 81.0. The van der Waals surface area contributed by atoms with Crippen LogP contribution >= 0.6 is 11.6 Å². The molecular weight excluding hydrogens is 520 g/mol. The van der Waals surface area contributed by atoms with Crippen LogP contribution in [0.5, 0.6) is 0 Å². The van der Waals surface area contributed by atoms with Crippen molar-refractivity contribution in [3.63, 3.8) is 0 Å². The maximum Gasteiger partial charge on any atom is 0.416 e. The Bertz CT molecular complexity index is 1430. The molecule has 4 aromatic rings. The van der Waals surface area contributed by atoms with Crippen molar-refractivity contribution < 1.29 is 31.1 Å². The van der Waals surface area contributed by atoms with Crippen LogP contribution in [-0.4, -0.2) is 20.8 Å². The highest BCUT2D eigenvalue weighted by molar-refractivity contribution is 6.32. The zero-order valence-corrected chi connectivity index (χ0v) is 19.4. The van der Waals surface area contributed by atoms with E-state index in [0.717, 1.165) is 4.68 Å². The normalized spacial score (nSPS) is 12.3. The third kappa shape index (κ3) is 6.08. The molecule has 0 aliphatic rings. The first kappa shape index (κ1) is 26.2. The number of nitrogens with zero attached hydrogens (tertiary/aromatic N) is 3. The average molecular weight is 536 g/mol. The minimum Gasteiger partial charge on any atom is -0.287 e. The predicted molar refractivity (Wildman–Crippen MR) is 126 cm³/mol. The van der Waals surface area contributed by atoms with E-state index in [1.165, 1.54) is 12.2 Å². The number of alkyl halides is 6. The van der Waals surface area contributed by atoms with Crippen LogP contribution in [0.3, 0.4) is 0 Å². The summed E-state index contributed by atoms with van der Waals surface area (Å²) in [7, 11) is 0. The number of ketones is 1. The predicted octanol–water partition coefficient (Wildman–Crippen LogP) is 7.58. The smallest absolute Gasteiger partial charge is 0.287 e. The first-order valence-corrected chi connectivity index (χ1v) is 11.1. The molecule has 0 amide bonds. The lowest BCUT2D eigenvalue weighted by Crippen LogP contribution is -2.13. The van der Waals surface area contributed by atoms with Gasteiger partial charge in [-0.15, -0.1) is 5.10 Å². The average Bonchev–Trinajstić information content (AvgIpc) is 3.26. The van der Waals surface area contributed by atoms with E-state index in [4.69, 9.17) is 11.6 Å². The van der Waals surface area contributed by atoms with Gasteiger partial charge in [0.15, 0.2) is 5.69 Å². The quantitative estimate of drug-likeness (QED) is 0.145. The lowest BCUT2D eigenvalue weighted by atomic mass is 10.0. The summed E-state index contributed by atoms with van der Waals surface area (Å²) in [5.41, 5.74) is -2.18. The van der Waals surface area contributed by atoms with E-state index in [2.05, 4.69) is 10.3 Å². The topological polar surface area (TPSA) is 47.8 Å². The minimum absolute atomic E-state index is 0.0530. The molecule has 0 fully saturated rings. The van der Waals surface area contributed by atoms with Crippen LogP contribution in [0.1, 0.15) is 32.7 Å². The van der Waals surface area contributed by atoms with Crippen LogP contribution in [-0.2, 0) is 18.9 Å². The molecule has 4 nitrogen and oxygen atoms in total. The second-order valence-corrected chi connectivity index (χ2v) is 8.35. The summed E-state index contributed by atoms with van der Waals surface area (Å²) in [6.45, 7) is -0.494. The number of rotatable bonds is 6. The van der Waals surface area contributed by atoms with Crippen molar-refractivity contribution in [1.29, 1.82) is 0 Å². The number of aromatic nitrogens is 3. The molecule has 0 radical (unpaired) electrons. The van der Waals surface area contributed by atoms with E-state index in [0.29, 0.717) is 28.3 Å². The lowest BCUT2D eigenvalue weighted by molar-refractivity contribution is -0.143. The van der Waals surface area contributed by atoms with Gasteiger partial charge in [-0.3, -0.25) is 4.79 Å². The summed E-state index contributed by atoms with van der Waals surface area (Å²) in [4.78, 5) is 13.0. The Morgan fingerprint density at radius 2 is 1.46 bits per heavy atom. The van der Waals surface area contributed by atoms with Gasteiger partial charge in [0.2, 0.25) is 5.78 Å². The second kappa shape index (κ2) is 10.2. The van der Waals surface area contributed by atoms with E-state index in [-0.39, 0.29) is 23.0 Å². The van der Waals surface area contributed by atoms with Gasteiger partial charge < -0.3 is 0 Å². The molecular formula is C26H16ClF6N3O. The molecule has 3 aromatic carbocycles. The number of carbonyl (C=O) groups is 1.